The van der Waals surface area contributed by atoms with Crippen molar-refractivity contribution in [1.29, 1.82) is 0 Å². The van der Waals surface area contributed by atoms with E-state index in [2.05, 4.69) is 34.5 Å². The molecule has 0 bridgehead atoms. The normalized spacial score (nSPS) is 18.1. The highest BCUT2D eigenvalue weighted by molar-refractivity contribution is 5.92. The lowest BCUT2D eigenvalue weighted by Gasteiger charge is -2.35. The molecule has 6 nitrogen and oxygen atoms in total. The molecule has 1 atom stereocenters. The van der Waals surface area contributed by atoms with Gasteiger partial charge in [0, 0.05) is 11.3 Å². The number of rotatable bonds is 3. The number of aromatic amines is 1. The van der Waals surface area contributed by atoms with Crippen molar-refractivity contribution in [2.24, 2.45) is 5.41 Å². The van der Waals surface area contributed by atoms with Crippen molar-refractivity contribution < 1.29 is 9.18 Å². The molecule has 0 saturated carbocycles. The van der Waals surface area contributed by atoms with Crippen LogP contribution in [0.4, 0.5) is 4.39 Å². The van der Waals surface area contributed by atoms with Crippen LogP contribution >= 0.6 is 0 Å². The summed E-state index contributed by atoms with van der Waals surface area (Å²) in [5.74, 6) is -0.517. The minimum atomic E-state index is -0.300. The summed E-state index contributed by atoms with van der Waals surface area (Å²) in [7, 11) is 0. The number of aromatic nitrogens is 4. The van der Waals surface area contributed by atoms with Gasteiger partial charge in [-0.15, -0.1) is 0 Å². The topological polar surface area (TPSA) is 75.6 Å². The molecule has 0 saturated heterocycles. The zero-order valence-corrected chi connectivity index (χ0v) is 15.6. The average Bonchev–Trinajstić information content (AvgIpc) is 3.20. The number of hydrogen-bond acceptors (Lipinski definition) is 3. The molecule has 1 aromatic carbocycles. The van der Waals surface area contributed by atoms with Gasteiger partial charge in [0.15, 0.2) is 0 Å². The number of carbonyl (C=O) groups is 1. The first-order valence-electron chi connectivity index (χ1n) is 8.98. The molecule has 0 unspecified atom stereocenters. The number of amides is 1. The van der Waals surface area contributed by atoms with Gasteiger partial charge in [0.1, 0.15) is 11.5 Å². The van der Waals surface area contributed by atoms with Crippen LogP contribution in [-0.2, 0) is 6.42 Å². The van der Waals surface area contributed by atoms with Gasteiger partial charge >= 0.3 is 0 Å². The molecule has 1 aliphatic carbocycles. The van der Waals surface area contributed by atoms with Crippen molar-refractivity contribution >= 4 is 5.91 Å². The molecule has 2 aromatic heterocycles. The van der Waals surface area contributed by atoms with Gasteiger partial charge in [0.2, 0.25) is 0 Å². The fraction of sp³-hybridized carbons (Fsp3) is 0.350. The number of hydrogen-bond donors (Lipinski definition) is 2. The number of nitrogens with one attached hydrogen (secondary N) is 2. The van der Waals surface area contributed by atoms with Gasteiger partial charge in [0.05, 0.1) is 23.6 Å². The minimum Gasteiger partial charge on any atom is -0.344 e. The molecule has 0 aliphatic heterocycles. The van der Waals surface area contributed by atoms with Crippen molar-refractivity contribution in [2.45, 2.75) is 39.7 Å². The number of carbonyl (C=O) groups excluding carboxylic acids is 1. The number of halogens is 1. The van der Waals surface area contributed by atoms with Gasteiger partial charge in [-0.05, 0) is 49.4 Å². The predicted molar refractivity (Wildman–Crippen MR) is 99.2 cm³/mol. The standard InChI is InChI=1S/C20H22FN5O/c1-12-7-16(25-24-12)19(27)23-17-9-20(2,3)10-18-15(17)11-22-26(18)14-6-4-5-13(21)8-14/h4-8,11,17H,9-10H2,1-3H3,(H,23,27)(H,24,25)/t17-/m1/s1. The van der Waals surface area contributed by atoms with E-state index in [0.717, 1.165) is 29.8 Å². The lowest BCUT2D eigenvalue weighted by Crippen LogP contribution is -2.37. The largest absolute Gasteiger partial charge is 0.344 e. The summed E-state index contributed by atoms with van der Waals surface area (Å²) in [5, 5.41) is 14.4. The molecule has 1 amide bonds. The molecule has 2 heterocycles. The van der Waals surface area contributed by atoms with E-state index < -0.39 is 0 Å². The predicted octanol–water partition coefficient (Wildman–Crippen LogP) is 3.49. The number of nitrogens with zero attached hydrogens (tertiary/aromatic N) is 3. The van der Waals surface area contributed by atoms with E-state index in [1.807, 2.05) is 13.0 Å². The Morgan fingerprint density at radius 1 is 1.37 bits per heavy atom. The summed E-state index contributed by atoms with van der Waals surface area (Å²) >= 11 is 0. The molecule has 0 spiro atoms. The summed E-state index contributed by atoms with van der Waals surface area (Å²) in [6.07, 6.45) is 3.37. The summed E-state index contributed by atoms with van der Waals surface area (Å²) in [5.41, 5.74) is 3.83. The van der Waals surface area contributed by atoms with Crippen molar-refractivity contribution in [3.8, 4) is 5.69 Å². The zero-order chi connectivity index (χ0) is 19.2. The molecule has 0 radical (unpaired) electrons. The smallest absolute Gasteiger partial charge is 0.272 e. The third-order valence-electron chi connectivity index (χ3n) is 4.98. The lowest BCUT2D eigenvalue weighted by atomic mass is 9.74. The van der Waals surface area contributed by atoms with Crippen LogP contribution in [-0.4, -0.2) is 25.9 Å². The maximum atomic E-state index is 13.7. The van der Waals surface area contributed by atoms with E-state index in [1.165, 1.54) is 12.1 Å². The van der Waals surface area contributed by atoms with Crippen LogP contribution in [0.1, 0.15) is 53.7 Å². The Kier molecular flexibility index (Phi) is 4.09. The molecule has 3 aromatic rings. The first-order chi connectivity index (χ1) is 12.8. The molecule has 4 rings (SSSR count). The van der Waals surface area contributed by atoms with Gasteiger partial charge in [-0.25, -0.2) is 9.07 Å². The van der Waals surface area contributed by atoms with Crippen LogP contribution in [0.3, 0.4) is 0 Å². The second-order valence-corrected chi connectivity index (χ2v) is 7.95. The third-order valence-corrected chi connectivity index (χ3v) is 4.98. The Bertz CT molecular complexity index is 1000. The van der Waals surface area contributed by atoms with Crippen LogP contribution < -0.4 is 5.32 Å². The van der Waals surface area contributed by atoms with E-state index in [4.69, 9.17) is 0 Å². The quantitative estimate of drug-likeness (QED) is 0.744. The second kappa shape index (κ2) is 6.33. The maximum Gasteiger partial charge on any atom is 0.272 e. The Morgan fingerprint density at radius 2 is 2.19 bits per heavy atom. The molecular formula is C20H22FN5O. The highest BCUT2D eigenvalue weighted by Crippen LogP contribution is 2.41. The second-order valence-electron chi connectivity index (χ2n) is 7.95. The molecule has 27 heavy (non-hydrogen) atoms. The Morgan fingerprint density at radius 3 is 2.89 bits per heavy atom. The summed E-state index contributed by atoms with van der Waals surface area (Å²) < 4.78 is 15.4. The van der Waals surface area contributed by atoms with Crippen molar-refractivity contribution in [1.82, 2.24) is 25.3 Å². The first kappa shape index (κ1) is 17.5. The SMILES string of the molecule is Cc1cc(C(=O)N[C@@H]2CC(C)(C)Cc3c2cnn3-c2cccc(F)c2)n[nH]1. The third kappa shape index (κ3) is 3.37. The molecule has 140 valence electrons. The van der Waals surface area contributed by atoms with Crippen LogP contribution in [0.2, 0.25) is 0 Å². The van der Waals surface area contributed by atoms with E-state index in [0.29, 0.717) is 11.4 Å². The summed E-state index contributed by atoms with van der Waals surface area (Å²) in [6.45, 7) is 6.18. The zero-order valence-electron chi connectivity index (χ0n) is 15.6. The lowest BCUT2D eigenvalue weighted by molar-refractivity contribution is 0.0914. The fourth-order valence-corrected chi connectivity index (χ4v) is 3.77. The molecule has 7 heteroatoms. The van der Waals surface area contributed by atoms with Crippen LogP contribution in [0.25, 0.3) is 5.69 Å². The van der Waals surface area contributed by atoms with E-state index in [9.17, 15) is 9.18 Å². The minimum absolute atomic E-state index is 0.0302. The highest BCUT2D eigenvalue weighted by Gasteiger charge is 2.36. The van der Waals surface area contributed by atoms with Crippen LogP contribution in [0, 0.1) is 18.2 Å². The maximum absolute atomic E-state index is 13.7. The molecule has 2 N–H and O–H groups in total. The van der Waals surface area contributed by atoms with Crippen molar-refractivity contribution in [3.05, 3.63) is 65.0 Å². The van der Waals surface area contributed by atoms with E-state index in [-0.39, 0.29) is 23.2 Å². The van der Waals surface area contributed by atoms with Crippen molar-refractivity contribution in [3.63, 3.8) is 0 Å². The number of fused-ring (bicyclic) bond motifs is 1. The molecule has 0 fully saturated rings. The first-order valence-corrected chi connectivity index (χ1v) is 8.98. The van der Waals surface area contributed by atoms with Gasteiger partial charge in [-0.1, -0.05) is 19.9 Å². The van der Waals surface area contributed by atoms with E-state index >= 15 is 0 Å². The van der Waals surface area contributed by atoms with Gasteiger partial charge in [0.25, 0.3) is 5.91 Å². The number of aryl methyl sites for hydroxylation is 1. The van der Waals surface area contributed by atoms with Crippen LogP contribution in [0.15, 0.2) is 36.5 Å². The Labute approximate surface area is 156 Å². The monoisotopic (exact) mass is 367 g/mol. The van der Waals surface area contributed by atoms with Gasteiger partial charge < -0.3 is 5.32 Å². The highest BCUT2D eigenvalue weighted by atomic mass is 19.1. The summed E-state index contributed by atoms with van der Waals surface area (Å²) in [6, 6.07) is 7.94. The Hall–Kier alpha value is -2.96. The fourth-order valence-electron chi connectivity index (χ4n) is 3.77. The molecule has 1 aliphatic rings. The van der Waals surface area contributed by atoms with Crippen LogP contribution in [0.5, 0.6) is 0 Å². The van der Waals surface area contributed by atoms with E-state index in [1.54, 1.807) is 23.0 Å². The Balaban J connectivity index is 1.69. The number of H-pyrrole nitrogens is 1. The number of benzene rings is 1. The van der Waals surface area contributed by atoms with Gasteiger partial charge in [-0.3, -0.25) is 9.89 Å². The van der Waals surface area contributed by atoms with Gasteiger partial charge in [-0.2, -0.15) is 10.2 Å². The molecular weight excluding hydrogens is 345 g/mol. The van der Waals surface area contributed by atoms with Crippen molar-refractivity contribution in [2.75, 3.05) is 0 Å². The average molecular weight is 367 g/mol. The summed E-state index contributed by atoms with van der Waals surface area (Å²) in [4.78, 5) is 12.6.